The molecule has 2 unspecified atom stereocenters. The summed E-state index contributed by atoms with van der Waals surface area (Å²) in [5, 5.41) is 0. The van der Waals surface area contributed by atoms with Gasteiger partial charge in [-0.3, -0.25) is 18.6 Å². The van der Waals surface area contributed by atoms with E-state index in [2.05, 4.69) is 62.5 Å². The molecule has 9 nitrogen and oxygen atoms in total. The number of ether oxygens (including phenoxy) is 2. The van der Waals surface area contributed by atoms with Crippen LogP contribution in [-0.4, -0.2) is 49.3 Å². The van der Waals surface area contributed by atoms with E-state index in [9.17, 15) is 19.0 Å². The summed E-state index contributed by atoms with van der Waals surface area (Å²) >= 11 is 0. The maximum Gasteiger partial charge on any atom is 0.472 e. The highest BCUT2D eigenvalue weighted by atomic mass is 31.2. The lowest BCUT2D eigenvalue weighted by molar-refractivity contribution is -0.161. The zero-order valence-corrected chi connectivity index (χ0v) is 39.6. The molecule has 0 aliphatic carbocycles. The fourth-order valence-electron chi connectivity index (χ4n) is 6.86. The summed E-state index contributed by atoms with van der Waals surface area (Å²) in [7, 11) is -4.37. The number of carbonyl (C=O) groups excluding carboxylic acids is 2. The van der Waals surface area contributed by atoms with Gasteiger partial charge in [-0.15, -0.1) is 0 Å². The summed E-state index contributed by atoms with van der Waals surface area (Å²) in [4.78, 5) is 34.8. The van der Waals surface area contributed by atoms with Gasteiger partial charge in [0.15, 0.2) is 6.10 Å². The molecule has 0 heterocycles. The van der Waals surface area contributed by atoms with Crippen LogP contribution in [0.4, 0.5) is 0 Å². The minimum absolute atomic E-state index is 0.0546. The van der Waals surface area contributed by atoms with Crippen molar-refractivity contribution in [2.75, 3.05) is 26.4 Å². The Labute approximate surface area is 368 Å². The molecule has 0 aromatic heterocycles. The predicted octanol–water partition coefficient (Wildman–Crippen LogP) is 14.7. The maximum atomic E-state index is 12.6. The van der Waals surface area contributed by atoms with E-state index < -0.39 is 26.5 Å². The predicted molar refractivity (Wildman–Crippen MR) is 252 cm³/mol. The molecule has 2 atom stereocenters. The third kappa shape index (κ3) is 45.5. The van der Waals surface area contributed by atoms with Gasteiger partial charge in [0.1, 0.15) is 6.61 Å². The Hall–Kier alpha value is -2.03. The summed E-state index contributed by atoms with van der Waals surface area (Å²) in [6.07, 6.45) is 54.7. The fraction of sp³-hybridized carbons (Fsp3) is 0.800. The number of phosphoric acid groups is 1. The van der Waals surface area contributed by atoms with Gasteiger partial charge >= 0.3 is 19.8 Å². The first-order valence-electron chi connectivity index (χ1n) is 24.6. The van der Waals surface area contributed by atoms with E-state index in [-0.39, 0.29) is 38.6 Å². The van der Waals surface area contributed by atoms with E-state index in [1.807, 2.05) is 0 Å². The molecule has 10 heteroatoms. The Morgan fingerprint density at radius 1 is 0.517 bits per heavy atom. The molecule has 3 N–H and O–H groups in total. The Morgan fingerprint density at radius 3 is 1.37 bits per heavy atom. The third-order valence-corrected chi connectivity index (χ3v) is 11.5. The van der Waals surface area contributed by atoms with Gasteiger partial charge in [0.25, 0.3) is 0 Å². The largest absolute Gasteiger partial charge is 0.472 e. The molecule has 0 aliphatic heterocycles. The van der Waals surface area contributed by atoms with Crippen LogP contribution >= 0.6 is 7.82 Å². The molecule has 0 rings (SSSR count). The molecule has 0 amide bonds. The van der Waals surface area contributed by atoms with E-state index in [0.717, 1.165) is 57.8 Å². The van der Waals surface area contributed by atoms with Crippen LogP contribution in [0.5, 0.6) is 0 Å². The molecule has 0 aromatic rings. The third-order valence-electron chi connectivity index (χ3n) is 10.5. The van der Waals surface area contributed by atoms with Crippen LogP contribution in [0.3, 0.4) is 0 Å². The van der Waals surface area contributed by atoms with Crippen molar-refractivity contribution in [3.63, 3.8) is 0 Å². The van der Waals surface area contributed by atoms with Gasteiger partial charge in [-0.2, -0.15) is 0 Å². The van der Waals surface area contributed by atoms with Crippen molar-refractivity contribution < 1.29 is 37.6 Å². The van der Waals surface area contributed by atoms with Crippen molar-refractivity contribution in [2.24, 2.45) is 5.73 Å². The van der Waals surface area contributed by atoms with Gasteiger partial charge in [0.05, 0.1) is 13.2 Å². The number of unbranched alkanes of at least 4 members (excludes halogenated alkanes) is 25. The Kier molecular flexibility index (Phi) is 44.9. The van der Waals surface area contributed by atoms with Crippen LogP contribution in [0, 0.1) is 0 Å². The second-order valence-electron chi connectivity index (χ2n) is 16.3. The average molecular weight is 866 g/mol. The Morgan fingerprint density at radius 2 is 0.917 bits per heavy atom. The smallest absolute Gasteiger partial charge is 0.462 e. The Balaban J connectivity index is 3.83. The van der Waals surface area contributed by atoms with Gasteiger partial charge in [-0.25, -0.2) is 4.57 Å². The minimum Gasteiger partial charge on any atom is -0.462 e. The quantitative estimate of drug-likeness (QED) is 0.0265. The summed E-state index contributed by atoms with van der Waals surface area (Å²) < 4.78 is 32.7. The lowest BCUT2D eigenvalue weighted by Gasteiger charge is -2.19. The highest BCUT2D eigenvalue weighted by Gasteiger charge is 2.26. The van der Waals surface area contributed by atoms with Crippen LogP contribution in [-0.2, 0) is 32.7 Å². The number of nitrogens with two attached hydrogens (primary N) is 1. The summed E-state index contributed by atoms with van der Waals surface area (Å²) in [6, 6.07) is 0. The molecule has 60 heavy (non-hydrogen) atoms. The van der Waals surface area contributed by atoms with Crippen LogP contribution in [0.25, 0.3) is 0 Å². The first-order valence-corrected chi connectivity index (χ1v) is 26.1. The molecule has 0 saturated heterocycles. The summed E-state index contributed by atoms with van der Waals surface area (Å²) in [5.74, 6) is -0.826. The van der Waals surface area contributed by atoms with Crippen LogP contribution in [0.2, 0.25) is 0 Å². The standard InChI is InChI=1S/C50H92NO8P/c1-3-5-7-9-11-13-14-15-16-17-18-19-20-21-22-23-24-25-26-27-28-29-30-31-32-33-34-35-37-39-41-43-50(53)59-48(47-58-60(54,55)57-45-44-51)46-56-49(52)42-40-38-36-12-10-8-6-4-2/h5,7,11,13,15-16,18-19,48H,3-4,6,8-10,12,14,17,20-47,51H2,1-2H3,(H,54,55)/b7-5-,13-11-,16-15-,19-18-. The maximum absolute atomic E-state index is 12.6. The van der Waals surface area contributed by atoms with Crippen molar-refractivity contribution in [2.45, 2.75) is 232 Å². The highest BCUT2D eigenvalue weighted by Crippen LogP contribution is 2.43. The van der Waals surface area contributed by atoms with E-state index in [1.165, 1.54) is 135 Å². The van der Waals surface area contributed by atoms with Gasteiger partial charge in [0.2, 0.25) is 0 Å². The van der Waals surface area contributed by atoms with E-state index in [1.54, 1.807) is 0 Å². The number of rotatable bonds is 46. The number of phosphoric ester groups is 1. The van der Waals surface area contributed by atoms with Gasteiger partial charge in [0, 0.05) is 19.4 Å². The van der Waals surface area contributed by atoms with Gasteiger partial charge < -0.3 is 20.1 Å². The van der Waals surface area contributed by atoms with Gasteiger partial charge in [-0.1, -0.05) is 210 Å². The second-order valence-corrected chi connectivity index (χ2v) is 17.8. The first kappa shape index (κ1) is 58.0. The van der Waals surface area contributed by atoms with Crippen molar-refractivity contribution in [3.8, 4) is 0 Å². The monoisotopic (exact) mass is 866 g/mol. The van der Waals surface area contributed by atoms with Crippen molar-refractivity contribution >= 4 is 19.8 Å². The van der Waals surface area contributed by atoms with Crippen molar-refractivity contribution in [1.82, 2.24) is 0 Å². The molecule has 0 radical (unpaired) electrons. The molecular formula is C50H92NO8P. The zero-order chi connectivity index (χ0) is 43.9. The number of esters is 2. The van der Waals surface area contributed by atoms with E-state index in [0.29, 0.717) is 6.42 Å². The summed E-state index contributed by atoms with van der Waals surface area (Å²) in [5.41, 5.74) is 5.35. The molecule has 0 aromatic carbocycles. The molecule has 0 saturated carbocycles. The molecule has 0 bridgehead atoms. The molecule has 0 fully saturated rings. The van der Waals surface area contributed by atoms with Crippen molar-refractivity contribution in [1.29, 1.82) is 0 Å². The lowest BCUT2D eigenvalue weighted by atomic mass is 10.0. The molecular weight excluding hydrogens is 774 g/mol. The minimum atomic E-state index is -4.37. The normalized spacial score (nSPS) is 13.6. The van der Waals surface area contributed by atoms with Gasteiger partial charge in [-0.05, 0) is 51.4 Å². The summed E-state index contributed by atoms with van der Waals surface area (Å²) in [6.45, 7) is 3.60. The van der Waals surface area contributed by atoms with Crippen LogP contribution < -0.4 is 5.73 Å². The van der Waals surface area contributed by atoms with E-state index >= 15 is 0 Å². The Bertz CT molecular complexity index is 1120. The second kappa shape index (κ2) is 46.5. The molecule has 0 aliphatic rings. The topological polar surface area (TPSA) is 134 Å². The van der Waals surface area contributed by atoms with Crippen molar-refractivity contribution in [3.05, 3.63) is 48.6 Å². The zero-order valence-electron chi connectivity index (χ0n) is 38.7. The molecule has 350 valence electrons. The highest BCUT2D eigenvalue weighted by molar-refractivity contribution is 7.47. The SMILES string of the molecule is CC/C=C\C/C=C\C/C=C\C/C=C\CCCCCCCCCCCCCCCCCCCCC(=O)OC(COC(=O)CCCCCCCCCC)COP(=O)(O)OCCN. The lowest BCUT2D eigenvalue weighted by Crippen LogP contribution is -2.29. The van der Waals surface area contributed by atoms with Crippen LogP contribution in [0.1, 0.15) is 226 Å². The number of hydrogen-bond donors (Lipinski definition) is 2. The van der Waals surface area contributed by atoms with Crippen LogP contribution in [0.15, 0.2) is 48.6 Å². The number of hydrogen-bond acceptors (Lipinski definition) is 8. The number of allylic oxidation sites excluding steroid dienone is 8. The molecule has 0 spiro atoms. The fourth-order valence-corrected chi connectivity index (χ4v) is 7.63. The van der Waals surface area contributed by atoms with E-state index in [4.69, 9.17) is 24.3 Å². The average Bonchev–Trinajstić information content (AvgIpc) is 3.24. The first-order chi connectivity index (χ1) is 29.3. The number of carbonyl (C=O) groups is 2.